The number of nitrogens with zero attached hydrogens (tertiary/aromatic N) is 1. The summed E-state index contributed by atoms with van der Waals surface area (Å²) in [5.74, 6) is -0.586. The quantitative estimate of drug-likeness (QED) is 0.277. The molecule has 0 aliphatic carbocycles. The molecule has 0 unspecified atom stereocenters. The third kappa shape index (κ3) is 4.63. The smallest absolute Gasteiger partial charge is 0.267 e. The Morgan fingerprint density at radius 1 is 1.29 bits per heavy atom. The molecule has 2 rings (SSSR count). The number of phenolic OH excluding ortho intramolecular Hbond substituents is 1. The van der Waals surface area contributed by atoms with Gasteiger partial charge in [-0.15, -0.1) is 0 Å². The number of anilines is 2. The van der Waals surface area contributed by atoms with Crippen LogP contribution in [-0.4, -0.2) is 11.0 Å². The first-order valence-corrected chi connectivity index (χ1v) is 8.29. The zero-order chi connectivity index (χ0) is 17.7. The number of hydrogen-bond acceptors (Lipinski definition) is 4. The average molecular weight is 454 g/mol. The fraction of sp³-hybridized carbons (Fsp3) is 0.0588. The number of halogens is 2. The van der Waals surface area contributed by atoms with E-state index >= 15 is 0 Å². The Bertz CT molecular complexity index is 859. The third-order valence-corrected chi connectivity index (χ3v) is 4.04. The molecule has 0 aliphatic rings. The Kier molecular flexibility index (Phi) is 6.06. The molecule has 3 N–H and O–H groups in total. The number of hydrogen-bond donors (Lipinski definition) is 3. The number of benzene rings is 2. The minimum Gasteiger partial charge on any atom is -0.506 e. The van der Waals surface area contributed by atoms with Gasteiger partial charge in [-0.3, -0.25) is 4.79 Å². The Morgan fingerprint density at radius 2 is 2.04 bits per heavy atom. The van der Waals surface area contributed by atoms with Crippen LogP contribution in [0.5, 0.6) is 5.75 Å². The van der Waals surface area contributed by atoms with Crippen molar-refractivity contribution in [1.82, 2.24) is 0 Å². The van der Waals surface area contributed by atoms with Gasteiger partial charge in [-0.25, -0.2) is 0 Å². The largest absolute Gasteiger partial charge is 0.506 e. The summed E-state index contributed by atoms with van der Waals surface area (Å²) in [5, 5.41) is 24.7. The lowest BCUT2D eigenvalue weighted by atomic mass is 10.2. The molecule has 7 heteroatoms. The molecule has 0 aromatic heterocycles. The second-order valence-corrected chi connectivity index (χ2v) is 6.57. The van der Waals surface area contributed by atoms with E-state index in [0.29, 0.717) is 16.4 Å². The number of aryl methyl sites for hydroxylation is 1. The second kappa shape index (κ2) is 8.04. The van der Waals surface area contributed by atoms with E-state index in [0.717, 1.165) is 9.13 Å². The van der Waals surface area contributed by atoms with Gasteiger partial charge in [-0.05, 0) is 71.5 Å². The van der Waals surface area contributed by atoms with Gasteiger partial charge in [0.25, 0.3) is 5.91 Å². The predicted octanol–water partition coefficient (Wildman–Crippen LogP) is 4.42. The van der Waals surface area contributed by atoms with E-state index in [1.165, 1.54) is 24.4 Å². The number of carbonyl (C=O) groups excluding carboxylic acids is 1. The number of nitrogens with one attached hydrogen (secondary N) is 2. The van der Waals surface area contributed by atoms with Gasteiger partial charge >= 0.3 is 0 Å². The van der Waals surface area contributed by atoms with E-state index < -0.39 is 5.91 Å². The molecule has 5 nitrogen and oxygen atoms in total. The zero-order valence-electron chi connectivity index (χ0n) is 12.6. The summed E-state index contributed by atoms with van der Waals surface area (Å²) < 4.78 is 1.05. The molecular formula is C17H13ClIN3O2. The lowest BCUT2D eigenvalue weighted by Crippen LogP contribution is -2.15. The van der Waals surface area contributed by atoms with E-state index in [9.17, 15) is 15.2 Å². The van der Waals surface area contributed by atoms with Crippen molar-refractivity contribution < 1.29 is 9.90 Å². The SMILES string of the molecule is Cc1cc(I)ccc1NC(=O)/C(C#N)=C\Nc1cc(Cl)ccc1O. The molecule has 24 heavy (non-hydrogen) atoms. The highest BCUT2D eigenvalue weighted by atomic mass is 127. The van der Waals surface area contributed by atoms with Crippen molar-refractivity contribution in [2.24, 2.45) is 0 Å². The Balaban J connectivity index is 2.16. The van der Waals surface area contributed by atoms with Crippen molar-refractivity contribution in [2.45, 2.75) is 6.92 Å². The van der Waals surface area contributed by atoms with Crippen molar-refractivity contribution in [3.8, 4) is 11.8 Å². The van der Waals surface area contributed by atoms with Crippen molar-refractivity contribution in [1.29, 1.82) is 5.26 Å². The Morgan fingerprint density at radius 3 is 2.71 bits per heavy atom. The molecule has 0 spiro atoms. The number of nitriles is 1. The second-order valence-electron chi connectivity index (χ2n) is 4.89. The lowest BCUT2D eigenvalue weighted by molar-refractivity contribution is -0.112. The fourth-order valence-electron chi connectivity index (χ4n) is 1.88. The van der Waals surface area contributed by atoms with Gasteiger partial charge in [-0.1, -0.05) is 11.6 Å². The normalized spacial score (nSPS) is 10.8. The molecule has 1 amide bonds. The molecule has 2 aromatic carbocycles. The first kappa shape index (κ1) is 18.1. The average Bonchev–Trinajstić information content (AvgIpc) is 2.54. The molecule has 0 saturated carbocycles. The Hall–Kier alpha value is -2.24. The van der Waals surface area contributed by atoms with Crippen molar-refractivity contribution >= 4 is 51.5 Å². The summed E-state index contributed by atoms with van der Waals surface area (Å²) in [7, 11) is 0. The van der Waals surface area contributed by atoms with Crippen LogP contribution >= 0.6 is 34.2 Å². The van der Waals surface area contributed by atoms with Gasteiger partial charge in [0.05, 0.1) is 5.69 Å². The molecule has 0 heterocycles. The summed E-state index contributed by atoms with van der Waals surface area (Å²) in [6.07, 6.45) is 1.22. The van der Waals surface area contributed by atoms with Crippen LogP contribution in [0.4, 0.5) is 11.4 Å². The van der Waals surface area contributed by atoms with Gasteiger partial charge in [0, 0.05) is 20.5 Å². The molecule has 0 aliphatic heterocycles. The zero-order valence-corrected chi connectivity index (χ0v) is 15.5. The van der Waals surface area contributed by atoms with Crippen LogP contribution in [0, 0.1) is 21.8 Å². The van der Waals surface area contributed by atoms with Gasteiger partial charge < -0.3 is 15.7 Å². The number of carbonyl (C=O) groups is 1. The van der Waals surface area contributed by atoms with Crippen molar-refractivity contribution in [3.63, 3.8) is 0 Å². The molecule has 0 saturated heterocycles. The monoisotopic (exact) mass is 453 g/mol. The first-order chi connectivity index (χ1) is 11.4. The number of amides is 1. The molecule has 0 fully saturated rings. The maximum absolute atomic E-state index is 12.2. The van der Waals surface area contributed by atoms with Gasteiger partial charge in [0.2, 0.25) is 0 Å². The van der Waals surface area contributed by atoms with Gasteiger partial charge in [0.15, 0.2) is 0 Å². The lowest BCUT2D eigenvalue weighted by Gasteiger charge is -2.09. The van der Waals surface area contributed by atoms with E-state index in [1.807, 2.05) is 25.1 Å². The predicted molar refractivity (Wildman–Crippen MR) is 103 cm³/mol. The first-order valence-electron chi connectivity index (χ1n) is 6.83. The van der Waals surface area contributed by atoms with Crippen LogP contribution in [0.15, 0.2) is 48.2 Å². The number of rotatable bonds is 4. The highest BCUT2D eigenvalue weighted by Crippen LogP contribution is 2.26. The standard InChI is InChI=1S/C17H13ClIN3O2/c1-10-6-13(19)3-4-14(10)22-17(24)11(8-20)9-21-15-7-12(18)2-5-16(15)23/h2-7,9,21,23H,1H3,(H,22,24)/b11-9-. The minimum atomic E-state index is -0.546. The van der Waals surface area contributed by atoms with Crippen LogP contribution in [0.1, 0.15) is 5.56 Å². The van der Waals surface area contributed by atoms with Crippen LogP contribution in [0.3, 0.4) is 0 Å². The molecule has 0 atom stereocenters. The summed E-state index contributed by atoms with van der Waals surface area (Å²) in [4.78, 5) is 12.2. The highest BCUT2D eigenvalue weighted by molar-refractivity contribution is 14.1. The number of aromatic hydroxyl groups is 1. The number of phenols is 1. The maximum Gasteiger partial charge on any atom is 0.267 e. The summed E-state index contributed by atoms with van der Waals surface area (Å²) in [6.45, 7) is 1.87. The molecule has 0 bridgehead atoms. The summed E-state index contributed by atoms with van der Waals surface area (Å²) in [6, 6.07) is 11.8. The van der Waals surface area contributed by atoms with E-state index in [2.05, 4.69) is 33.2 Å². The van der Waals surface area contributed by atoms with E-state index in [-0.39, 0.29) is 11.3 Å². The minimum absolute atomic E-state index is 0.0400. The molecule has 122 valence electrons. The molecule has 2 aromatic rings. The molecule has 0 radical (unpaired) electrons. The van der Waals surface area contributed by atoms with Crippen LogP contribution in [-0.2, 0) is 4.79 Å². The van der Waals surface area contributed by atoms with Gasteiger partial charge in [-0.2, -0.15) is 5.26 Å². The maximum atomic E-state index is 12.2. The molecular weight excluding hydrogens is 441 g/mol. The van der Waals surface area contributed by atoms with Crippen LogP contribution in [0.2, 0.25) is 5.02 Å². The van der Waals surface area contributed by atoms with Crippen LogP contribution in [0.25, 0.3) is 0 Å². The van der Waals surface area contributed by atoms with Crippen molar-refractivity contribution in [2.75, 3.05) is 10.6 Å². The third-order valence-electron chi connectivity index (χ3n) is 3.13. The summed E-state index contributed by atoms with van der Waals surface area (Å²) >= 11 is 8.03. The van der Waals surface area contributed by atoms with E-state index in [1.54, 1.807) is 6.07 Å². The van der Waals surface area contributed by atoms with Crippen LogP contribution < -0.4 is 10.6 Å². The Labute approximate surface area is 158 Å². The summed E-state index contributed by atoms with van der Waals surface area (Å²) in [5.41, 5.74) is 1.70. The highest BCUT2D eigenvalue weighted by Gasteiger charge is 2.11. The topological polar surface area (TPSA) is 85.2 Å². The fourth-order valence-corrected chi connectivity index (χ4v) is 2.70. The van der Waals surface area contributed by atoms with E-state index in [4.69, 9.17) is 11.6 Å². The van der Waals surface area contributed by atoms with Crippen molar-refractivity contribution in [3.05, 3.63) is 62.3 Å². The van der Waals surface area contributed by atoms with Gasteiger partial charge in [0.1, 0.15) is 17.4 Å².